The van der Waals surface area contributed by atoms with Crippen LogP contribution in [0.3, 0.4) is 0 Å². The van der Waals surface area contributed by atoms with Gasteiger partial charge in [-0.05, 0) is 30.5 Å². The summed E-state index contributed by atoms with van der Waals surface area (Å²) in [6.07, 6.45) is 1.47. The zero-order valence-electron chi connectivity index (χ0n) is 18.5. The molecular formula is C23H20N6O4S2. The van der Waals surface area contributed by atoms with E-state index in [1.807, 2.05) is 47.8 Å². The van der Waals surface area contributed by atoms with Gasteiger partial charge in [-0.2, -0.15) is 5.10 Å². The topological polar surface area (TPSA) is 131 Å². The Balaban J connectivity index is 1.50. The van der Waals surface area contributed by atoms with E-state index < -0.39 is 18.0 Å². The van der Waals surface area contributed by atoms with E-state index in [9.17, 15) is 14.4 Å². The molecule has 2 amide bonds. The first-order valence-electron chi connectivity index (χ1n) is 10.7. The molecule has 4 aromatic rings. The van der Waals surface area contributed by atoms with Gasteiger partial charge >= 0.3 is 12.0 Å². The normalized spacial score (nSPS) is 15.7. The molecule has 5 rings (SSSR count). The lowest BCUT2D eigenvalue weighted by molar-refractivity contribution is -0.139. The fourth-order valence-corrected chi connectivity index (χ4v) is 5.32. The monoisotopic (exact) mass is 508 g/mol. The number of ether oxygens (including phenoxy) is 1. The van der Waals surface area contributed by atoms with Gasteiger partial charge in [-0.15, -0.1) is 11.3 Å². The minimum atomic E-state index is -0.632. The Morgan fingerprint density at radius 2 is 2.03 bits per heavy atom. The third kappa shape index (κ3) is 4.57. The number of para-hydroxylation sites is 1. The molecule has 0 unspecified atom stereocenters. The average Bonchev–Trinajstić information content (AvgIpc) is 3.54. The highest BCUT2D eigenvalue weighted by Gasteiger charge is 2.34. The Morgan fingerprint density at radius 1 is 1.20 bits per heavy atom. The molecule has 0 spiro atoms. The minimum absolute atomic E-state index is 0.178. The molecule has 1 aromatic carbocycles. The summed E-state index contributed by atoms with van der Waals surface area (Å²) in [5.41, 5.74) is 1.57. The Morgan fingerprint density at radius 3 is 2.77 bits per heavy atom. The van der Waals surface area contributed by atoms with E-state index in [-0.39, 0.29) is 17.9 Å². The summed E-state index contributed by atoms with van der Waals surface area (Å²) in [5, 5.41) is 12.4. The number of hydrogen-bond donors (Lipinski definition) is 3. The van der Waals surface area contributed by atoms with Crippen LogP contribution in [0, 0.1) is 0 Å². The van der Waals surface area contributed by atoms with Crippen molar-refractivity contribution in [1.29, 1.82) is 0 Å². The number of esters is 1. The van der Waals surface area contributed by atoms with Gasteiger partial charge in [0.2, 0.25) is 0 Å². The number of thiophene rings is 1. The van der Waals surface area contributed by atoms with Crippen LogP contribution in [0.25, 0.3) is 16.7 Å². The molecule has 4 heterocycles. The van der Waals surface area contributed by atoms with E-state index in [1.54, 1.807) is 11.6 Å². The SMILES string of the molecule is CCOC(=O)C1=C(CSc2nc3c(cnn3-c3ccccc3)c(=O)[nH]2)NC(=O)N[C@H]1c1cccs1. The predicted octanol–water partition coefficient (Wildman–Crippen LogP) is 3.13. The van der Waals surface area contributed by atoms with Crippen molar-refractivity contribution in [3.63, 3.8) is 0 Å². The smallest absolute Gasteiger partial charge is 0.338 e. The summed E-state index contributed by atoms with van der Waals surface area (Å²) in [6.45, 7) is 1.92. The molecular weight excluding hydrogens is 488 g/mol. The number of H-pyrrole nitrogens is 1. The van der Waals surface area contributed by atoms with E-state index in [2.05, 4.69) is 25.7 Å². The lowest BCUT2D eigenvalue weighted by atomic mass is 10.0. The first kappa shape index (κ1) is 22.9. The van der Waals surface area contributed by atoms with Crippen LogP contribution in [0.1, 0.15) is 17.8 Å². The molecule has 0 aliphatic carbocycles. The maximum absolute atomic E-state index is 12.9. The first-order valence-corrected chi connectivity index (χ1v) is 12.6. The summed E-state index contributed by atoms with van der Waals surface area (Å²) >= 11 is 2.62. The summed E-state index contributed by atoms with van der Waals surface area (Å²) in [6, 6.07) is 12.0. The van der Waals surface area contributed by atoms with Crippen LogP contribution in [0.5, 0.6) is 0 Å². The Labute approximate surface area is 207 Å². The molecule has 10 nitrogen and oxygen atoms in total. The van der Waals surface area contributed by atoms with Crippen molar-refractivity contribution in [2.75, 3.05) is 12.4 Å². The number of benzene rings is 1. The average molecular weight is 509 g/mol. The van der Waals surface area contributed by atoms with Crippen molar-refractivity contribution in [3.8, 4) is 5.69 Å². The third-order valence-corrected chi connectivity index (χ3v) is 7.08. The number of aromatic nitrogens is 4. The van der Waals surface area contributed by atoms with Gasteiger partial charge in [-0.1, -0.05) is 36.0 Å². The first-order chi connectivity index (χ1) is 17.0. The van der Waals surface area contributed by atoms with Crippen molar-refractivity contribution in [2.45, 2.75) is 18.1 Å². The second-order valence-corrected chi connectivity index (χ2v) is 9.39. The zero-order chi connectivity index (χ0) is 24.4. The van der Waals surface area contributed by atoms with Gasteiger partial charge in [0.05, 0.1) is 30.1 Å². The highest BCUT2D eigenvalue weighted by molar-refractivity contribution is 7.99. The second kappa shape index (κ2) is 9.76. The van der Waals surface area contributed by atoms with Crippen LogP contribution in [-0.2, 0) is 9.53 Å². The number of fused-ring (bicyclic) bond motifs is 1. The fraction of sp³-hybridized carbons (Fsp3) is 0.174. The Kier molecular flexibility index (Phi) is 6.38. The number of rotatable bonds is 7. The summed E-state index contributed by atoms with van der Waals surface area (Å²) in [4.78, 5) is 46.1. The van der Waals surface area contributed by atoms with Crippen LogP contribution in [0.4, 0.5) is 4.79 Å². The standard InChI is InChI=1S/C23H20N6O4S2/c1-2-33-21(31)17-15(25-22(32)26-18(17)16-9-6-10-34-16)12-35-23-27-19-14(20(30)28-23)11-24-29(19)13-7-4-3-5-8-13/h3-11,18H,2,12H2,1H3,(H2,25,26,32)(H,27,28,30)/t18-/m0/s1. The molecule has 1 aliphatic heterocycles. The van der Waals surface area contributed by atoms with Crippen LogP contribution in [0.15, 0.2) is 75.3 Å². The van der Waals surface area contributed by atoms with Gasteiger partial charge in [0.15, 0.2) is 10.8 Å². The van der Waals surface area contributed by atoms with Crippen LogP contribution in [-0.4, -0.2) is 44.1 Å². The van der Waals surface area contributed by atoms with Gasteiger partial charge in [0, 0.05) is 16.3 Å². The number of urea groups is 1. The van der Waals surface area contributed by atoms with Gasteiger partial charge < -0.3 is 20.4 Å². The lowest BCUT2D eigenvalue weighted by Gasteiger charge is -2.28. The van der Waals surface area contributed by atoms with E-state index in [4.69, 9.17) is 4.74 Å². The Bertz CT molecular complexity index is 1480. The van der Waals surface area contributed by atoms with Crippen molar-refractivity contribution in [2.24, 2.45) is 0 Å². The van der Waals surface area contributed by atoms with E-state index >= 15 is 0 Å². The molecule has 3 aromatic heterocycles. The summed E-state index contributed by atoms with van der Waals surface area (Å²) < 4.78 is 6.87. The fourth-order valence-electron chi connectivity index (χ4n) is 3.72. The molecule has 0 fully saturated rings. The molecule has 3 N–H and O–H groups in total. The van der Waals surface area contributed by atoms with E-state index in [0.29, 0.717) is 27.5 Å². The number of carbonyl (C=O) groups excluding carboxylic acids is 2. The quantitative estimate of drug-likeness (QED) is 0.199. The van der Waals surface area contributed by atoms with Gasteiger partial charge in [0.25, 0.3) is 5.56 Å². The molecule has 0 saturated carbocycles. The molecule has 0 saturated heterocycles. The Hall–Kier alpha value is -3.90. The molecule has 0 radical (unpaired) electrons. The number of carbonyl (C=O) groups is 2. The van der Waals surface area contributed by atoms with Gasteiger partial charge in [0.1, 0.15) is 5.39 Å². The van der Waals surface area contributed by atoms with E-state index in [0.717, 1.165) is 10.6 Å². The van der Waals surface area contributed by atoms with Crippen molar-refractivity contribution < 1.29 is 14.3 Å². The number of amides is 2. The van der Waals surface area contributed by atoms with Crippen LogP contribution >= 0.6 is 23.1 Å². The number of aromatic amines is 1. The zero-order valence-corrected chi connectivity index (χ0v) is 20.1. The van der Waals surface area contributed by atoms with Crippen molar-refractivity contribution >= 4 is 46.1 Å². The summed E-state index contributed by atoms with van der Waals surface area (Å²) in [7, 11) is 0. The number of nitrogens with zero attached hydrogens (tertiary/aromatic N) is 3. The highest BCUT2D eigenvalue weighted by atomic mass is 32.2. The minimum Gasteiger partial charge on any atom is -0.463 e. The second-order valence-electron chi connectivity index (χ2n) is 7.45. The predicted molar refractivity (Wildman–Crippen MR) is 133 cm³/mol. The van der Waals surface area contributed by atoms with Crippen LogP contribution < -0.4 is 16.2 Å². The maximum Gasteiger partial charge on any atom is 0.338 e. The summed E-state index contributed by atoms with van der Waals surface area (Å²) in [5.74, 6) is -0.342. The van der Waals surface area contributed by atoms with E-state index in [1.165, 1.54) is 29.3 Å². The van der Waals surface area contributed by atoms with Crippen molar-refractivity contribution in [1.82, 2.24) is 30.4 Å². The highest BCUT2D eigenvalue weighted by Crippen LogP contribution is 2.32. The molecule has 35 heavy (non-hydrogen) atoms. The van der Waals surface area contributed by atoms with Gasteiger partial charge in [-0.25, -0.2) is 19.3 Å². The largest absolute Gasteiger partial charge is 0.463 e. The number of nitrogens with one attached hydrogen (secondary N) is 3. The molecule has 1 atom stereocenters. The lowest BCUT2D eigenvalue weighted by Crippen LogP contribution is -2.46. The number of hydrogen-bond acceptors (Lipinski definition) is 8. The molecule has 178 valence electrons. The van der Waals surface area contributed by atoms with Crippen molar-refractivity contribution in [3.05, 3.63) is 80.5 Å². The third-order valence-electron chi connectivity index (χ3n) is 5.25. The molecule has 12 heteroatoms. The molecule has 1 aliphatic rings. The molecule has 0 bridgehead atoms. The number of thioether (sulfide) groups is 1. The van der Waals surface area contributed by atoms with Gasteiger partial charge in [-0.3, -0.25) is 4.79 Å². The van der Waals surface area contributed by atoms with Crippen LogP contribution in [0.2, 0.25) is 0 Å². The maximum atomic E-state index is 12.9.